The van der Waals surface area contributed by atoms with Crippen molar-refractivity contribution in [1.29, 1.82) is 0 Å². The van der Waals surface area contributed by atoms with Gasteiger partial charge < -0.3 is 10.0 Å². The molecule has 0 unspecified atom stereocenters. The van der Waals surface area contributed by atoms with Crippen molar-refractivity contribution >= 4 is 16.6 Å². The zero-order chi connectivity index (χ0) is 13.7. The molecule has 1 N–H and O–H groups in total. The number of rotatable bonds is 6. The van der Waals surface area contributed by atoms with Crippen LogP contribution in [0.1, 0.15) is 25.0 Å². The number of aliphatic hydroxyl groups is 1. The van der Waals surface area contributed by atoms with Gasteiger partial charge in [0.25, 0.3) is 0 Å². The second kappa shape index (κ2) is 6.48. The van der Waals surface area contributed by atoms with Gasteiger partial charge in [0.1, 0.15) is 0 Å². The lowest BCUT2D eigenvalue weighted by Gasteiger charge is -2.19. The van der Waals surface area contributed by atoms with Gasteiger partial charge in [-0.1, -0.05) is 24.3 Å². The van der Waals surface area contributed by atoms with Crippen LogP contribution in [0.4, 0.5) is 5.82 Å². The molecule has 0 saturated heterocycles. The van der Waals surface area contributed by atoms with Gasteiger partial charge in [-0.25, -0.2) is 0 Å². The third kappa shape index (κ3) is 3.20. The predicted molar refractivity (Wildman–Crippen MR) is 78.5 cm³/mol. The molecule has 0 radical (unpaired) electrons. The lowest BCUT2D eigenvalue weighted by Crippen LogP contribution is -2.20. The SMILES string of the molecule is Cc1nnc(N(C)CCCCCO)c2ccccc12. The second-order valence-electron chi connectivity index (χ2n) is 4.86. The molecule has 0 amide bonds. The summed E-state index contributed by atoms with van der Waals surface area (Å²) >= 11 is 0. The summed E-state index contributed by atoms with van der Waals surface area (Å²) in [7, 11) is 2.05. The molecule has 19 heavy (non-hydrogen) atoms. The molecule has 0 aliphatic rings. The van der Waals surface area contributed by atoms with E-state index in [0.717, 1.165) is 48.1 Å². The Labute approximate surface area is 114 Å². The smallest absolute Gasteiger partial charge is 0.158 e. The van der Waals surface area contributed by atoms with Gasteiger partial charge in [-0.05, 0) is 26.2 Å². The molecular formula is C15H21N3O. The van der Waals surface area contributed by atoms with E-state index in [4.69, 9.17) is 5.11 Å². The maximum absolute atomic E-state index is 8.78. The first-order valence-electron chi connectivity index (χ1n) is 6.78. The third-order valence-corrected chi connectivity index (χ3v) is 3.37. The lowest BCUT2D eigenvalue weighted by molar-refractivity contribution is 0.283. The Balaban J connectivity index is 2.18. The van der Waals surface area contributed by atoms with Crippen LogP contribution in [0.15, 0.2) is 24.3 Å². The van der Waals surface area contributed by atoms with Crippen molar-refractivity contribution in [3.63, 3.8) is 0 Å². The number of nitrogens with zero attached hydrogens (tertiary/aromatic N) is 3. The molecule has 0 fully saturated rings. The molecule has 4 nitrogen and oxygen atoms in total. The number of aliphatic hydroxyl groups excluding tert-OH is 1. The minimum absolute atomic E-state index is 0.275. The fourth-order valence-corrected chi connectivity index (χ4v) is 2.25. The number of anilines is 1. The molecule has 0 aliphatic carbocycles. The van der Waals surface area contributed by atoms with Crippen LogP contribution < -0.4 is 4.90 Å². The van der Waals surface area contributed by atoms with E-state index < -0.39 is 0 Å². The van der Waals surface area contributed by atoms with Gasteiger partial charge in [0.05, 0.1) is 5.69 Å². The number of unbranched alkanes of at least 4 members (excludes halogenated alkanes) is 2. The standard InChI is InChI=1S/C15H21N3O/c1-12-13-8-4-5-9-14(13)15(17-16-12)18(2)10-6-3-7-11-19/h4-5,8-9,19H,3,6-7,10-11H2,1-2H3. The van der Waals surface area contributed by atoms with Gasteiger partial charge in [0.15, 0.2) is 5.82 Å². The van der Waals surface area contributed by atoms with Gasteiger partial charge >= 0.3 is 0 Å². The summed E-state index contributed by atoms with van der Waals surface area (Å²) in [6, 6.07) is 8.24. The topological polar surface area (TPSA) is 49.2 Å². The fraction of sp³-hybridized carbons (Fsp3) is 0.467. The third-order valence-electron chi connectivity index (χ3n) is 3.37. The highest BCUT2D eigenvalue weighted by Gasteiger charge is 2.09. The number of hydrogen-bond acceptors (Lipinski definition) is 4. The molecule has 1 heterocycles. The van der Waals surface area contributed by atoms with Gasteiger partial charge in [-0.3, -0.25) is 0 Å². The van der Waals surface area contributed by atoms with Crippen molar-refractivity contribution in [3.8, 4) is 0 Å². The van der Waals surface area contributed by atoms with Crippen molar-refractivity contribution in [1.82, 2.24) is 10.2 Å². The van der Waals surface area contributed by atoms with Crippen LogP contribution in [0.25, 0.3) is 10.8 Å². The number of fused-ring (bicyclic) bond motifs is 1. The van der Waals surface area contributed by atoms with Crippen molar-refractivity contribution in [2.24, 2.45) is 0 Å². The largest absolute Gasteiger partial charge is 0.396 e. The van der Waals surface area contributed by atoms with E-state index in [1.807, 2.05) is 26.1 Å². The highest BCUT2D eigenvalue weighted by molar-refractivity contribution is 5.93. The maximum Gasteiger partial charge on any atom is 0.158 e. The summed E-state index contributed by atoms with van der Waals surface area (Å²) in [4.78, 5) is 2.14. The Morgan fingerprint density at radius 1 is 1.05 bits per heavy atom. The average molecular weight is 259 g/mol. The molecule has 102 valence electrons. The molecule has 0 aliphatic heterocycles. The Bertz CT molecular complexity index is 542. The Morgan fingerprint density at radius 3 is 2.53 bits per heavy atom. The highest BCUT2D eigenvalue weighted by Crippen LogP contribution is 2.24. The van der Waals surface area contributed by atoms with Crippen molar-refractivity contribution < 1.29 is 5.11 Å². The van der Waals surface area contributed by atoms with Crippen LogP contribution in [0.3, 0.4) is 0 Å². The number of aromatic nitrogens is 2. The molecular weight excluding hydrogens is 238 g/mol. The average Bonchev–Trinajstić information content (AvgIpc) is 2.44. The summed E-state index contributed by atoms with van der Waals surface area (Å²) in [5.74, 6) is 0.935. The fourth-order valence-electron chi connectivity index (χ4n) is 2.25. The molecule has 1 aromatic carbocycles. The van der Waals surface area contributed by atoms with E-state index in [2.05, 4.69) is 27.2 Å². The van der Waals surface area contributed by atoms with Crippen LogP contribution in [0.2, 0.25) is 0 Å². The molecule has 0 saturated carbocycles. The zero-order valence-corrected chi connectivity index (χ0v) is 11.6. The zero-order valence-electron chi connectivity index (χ0n) is 11.6. The van der Waals surface area contributed by atoms with Gasteiger partial charge in [0.2, 0.25) is 0 Å². The van der Waals surface area contributed by atoms with Crippen LogP contribution in [-0.4, -0.2) is 35.5 Å². The highest BCUT2D eigenvalue weighted by atomic mass is 16.2. The number of aryl methyl sites for hydroxylation is 1. The first kappa shape index (κ1) is 13.7. The molecule has 2 aromatic rings. The first-order chi connectivity index (χ1) is 9.24. The van der Waals surface area contributed by atoms with Crippen LogP contribution >= 0.6 is 0 Å². The molecule has 0 bridgehead atoms. The molecule has 4 heteroatoms. The van der Waals surface area contributed by atoms with E-state index in [1.54, 1.807) is 0 Å². The molecule has 0 spiro atoms. The van der Waals surface area contributed by atoms with Crippen LogP contribution in [-0.2, 0) is 0 Å². The Kier molecular flexibility index (Phi) is 4.68. The minimum atomic E-state index is 0.275. The predicted octanol–water partition coefficient (Wildman–Crippen LogP) is 2.54. The Hall–Kier alpha value is -1.68. The van der Waals surface area contributed by atoms with Crippen LogP contribution in [0, 0.1) is 6.92 Å². The van der Waals surface area contributed by atoms with Gasteiger partial charge in [-0.15, -0.1) is 5.10 Å². The summed E-state index contributed by atoms with van der Waals surface area (Å²) < 4.78 is 0. The summed E-state index contributed by atoms with van der Waals surface area (Å²) in [6.45, 7) is 3.19. The van der Waals surface area contributed by atoms with Crippen molar-refractivity contribution in [3.05, 3.63) is 30.0 Å². The summed E-state index contributed by atoms with van der Waals surface area (Å²) in [5, 5.41) is 19.7. The van der Waals surface area contributed by atoms with Gasteiger partial charge in [-0.2, -0.15) is 5.10 Å². The minimum Gasteiger partial charge on any atom is -0.396 e. The van der Waals surface area contributed by atoms with E-state index >= 15 is 0 Å². The van der Waals surface area contributed by atoms with E-state index in [-0.39, 0.29) is 6.61 Å². The van der Waals surface area contributed by atoms with Gasteiger partial charge in [0, 0.05) is 31.0 Å². The number of benzene rings is 1. The van der Waals surface area contributed by atoms with E-state index in [9.17, 15) is 0 Å². The van der Waals surface area contributed by atoms with Crippen molar-refractivity contribution in [2.45, 2.75) is 26.2 Å². The molecule has 2 rings (SSSR count). The summed E-state index contributed by atoms with van der Waals surface area (Å²) in [6.07, 6.45) is 2.97. The second-order valence-corrected chi connectivity index (χ2v) is 4.86. The monoisotopic (exact) mass is 259 g/mol. The first-order valence-corrected chi connectivity index (χ1v) is 6.78. The lowest BCUT2D eigenvalue weighted by atomic mass is 10.1. The van der Waals surface area contributed by atoms with Crippen LogP contribution in [0.5, 0.6) is 0 Å². The maximum atomic E-state index is 8.78. The molecule has 0 atom stereocenters. The van der Waals surface area contributed by atoms with E-state index in [1.165, 1.54) is 0 Å². The number of hydrogen-bond donors (Lipinski definition) is 1. The normalized spacial score (nSPS) is 10.9. The quantitative estimate of drug-likeness (QED) is 0.810. The van der Waals surface area contributed by atoms with Crippen molar-refractivity contribution in [2.75, 3.05) is 25.1 Å². The Morgan fingerprint density at radius 2 is 1.79 bits per heavy atom. The van der Waals surface area contributed by atoms with E-state index in [0.29, 0.717) is 0 Å². The molecule has 1 aromatic heterocycles. The summed E-state index contributed by atoms with van der Waals surface area (Å²) in [5.41, 5.74) is 0.966.